The number of aliphatic hydroxyl groups is 1. The number of aliphatic hydroxyl groups excluding tert-OH is 1. The Hall–Kier alpha value is -2.34. The summed E-state index contributed by atoms with van der Waals surface area (Å²) in [5.41, 5.74) is 4.86. The van der Waals surface area contributed by atoms with Crippen LogP contribution in [0.3, 0.4) is 0 Å². The molecule has 0 spiro atoms. The lowest BCUT2D eigenvalue weighted by molar-refractivity contribution is 0.173. The fourth-order valence-corrected chi connectivity index (χ4v) is 3.11. The summed E-state index contributed by atoms with van der Waals surface area (Å²) in [7, 11) is 0. The quantitative estimate of drug-likeness (QED) is 0.751. The monoisotopic (exact) mass is 345 g/mol. The number of benzene rings is 1. The van der Waals surface area contributed by atoms with Crippen molar-refractivity contribution in [2.45, 2.75) is 46.6 Å². The van der Waals surface area contributed by atoms with Gasteiger partial charge in [0, 0.05) is 24.6 Å². The minimum absolute atomic E-state index is 0.0985. The molecule has 6 heteroatoms. The smallest absolute Gasteiger partial charge is 0.314 e. The largest absolute Gasteiger partial charge is 0.387 e. The van der Waals surface area contributed by atoms with Gasteiger partial charge in [-0.1, -0.05) is 41.4 Å². The first-order valence-corrected chi connectivity index (χ1v) is 8.48. The van der Waals surface area contributed by atoms with Crippen molar-refractivity contribution in [3.05, 3.63) is 51.9 Å². The minimum atomic E-state index is -0.732. The highest BCUT2D eigenvalue weighted by molar-refractivity contribution is 5.73. The van der Waals surface area contributed by atoms with Gasteiger partial charge < -0.3 is 20.3 Å². The molecule has 0 unspecified atom stereocenters. The third kappa shape index (κ3) is 5.06. The summed E-state index contributed by atoms with van der Waals surface area (Å²) < 4.78 is 5.16. The molecule has 136 valence electrons. The summed E-state index contributed by atoms with van der Waals surface area (Å²) in [5.74, 6) is 0.874. The van der Waals surface area contributed by atoms with E-state index in [1.807, 2.05) is 52.8 Å². The van der Waals surface area contributed by atoms with Crippen LogP contribution >= 0.6 is 0 Å². The lowest BCUT2D eigenvalue weighted by Gasteiger charge is -2.16. The number of nitrogens with zero attached hydrogens (tertiary/aromatic N) is 1. The summed E-state index contributed by atoms with van der Waals surface area (Å²) in [4.78, 5) is 12.0. The molecule has 0 aliphatic carbocycles. The standard InChI is InChI=1S/C19H27N3O3/c1-11-6-12(2)8-16(7-11)17(23)10-21-19(24)20-9-13(3)18-14(4)22-25-15(18)5/h6-8,13,17,23H,9-10H2,1-5H3,(H2,20,21,24)/t13-,17+/m1/s1. The van der Waals surface area contributed by atoms with Crippen LogP contribution in [0.1, 0.15) is 52.7 Å². The number of hydrogen-bond acceptors (Lipinski definition) is 4. The number of rotatable bonds is 6. The van der Waals surface area contributed by atoms with E-state index in [4.69, 9.17) is 4.52 Å². The van der Waals surface area contributed by atoms with Gasteiger partial charge in [0.25, 0.3) is 0 Å². The van der Waals surface area contributed by atoms with Gasteiger partial charge in [0.15, 0.2) is 0 Å². The number of nitrogens with one attached hydrogen (secondary N) is 2. The van der Waals surface area contributed by atoms with E-state index >= 15 is 0 Å². The maximum Gasteiger partial charge on any atom is 0.314 e. The molecule has 25 heavy (non-hydrogen) atoms. The molecule has 2 rings (SSSR count). The third-order valence-corrected chi connectivity index (χ3v) is 4.23. The number of carbonyl (C=O) groups is 1. The zero-order valence-electron chi connectivity index (χ0n) is 15.5. The summed E-state index contributed by atoms with van der Waals surface area (Å²) in [6.07, 6.45) is -0.732. The number of carbonyl (C=O) groups excluding carboxylic acids is 1. The molecule has 2 aromatic rings. The second-order valence-corrected chi connectivity index (χ2v) is 6.67. The van der Waals surface area contributed by atoms with Gasteiger partial charge in [-0.05, 0) is 33.3 Å². The van der Waals surface area contributed by atoms with Crippen molar-refractivity contribution in [1.82, 2.24) is 15.8 Å². The van der Waals surface area contributed by atoms with Crippen LogP contribution < -0.4 is 10.6 Å². The lowest BCUT2D eigenvalue weighted by atomic mass is 10.00. The average Bonchev–Trinajstić information content (AvgIpc) is 2.88. The summed E-state index contributed by atoms with van der Waals surface area (Å²) >= 11 is 0. The molecule has 0 aliphatic heterocycles. The molecule has 0 saturated carbocycles. The molecule has 0 fully saturated rings. The second kappa shape index (κ2) is 8.16. The molecule has 0 aliphatic rings. The Morgan fingerprint density at radius 2 is 1.72 bits per heavy atom. The van der Waals surface area contributed by atoms with E-state index in [2.05, 4.69) is 15.8 Å². The van der Waals surface area contributed by atoms with Gasteiger partial charge in [-0.3, -0.25) is 0 Å². The fraction of sp³-hybridized carbons (Fsp3) is 0.474. The fourth-order valence-electron chi connectivity index (χ4n) is 3.11. The van der Waals surface area contributed by atoms with Crippen molar-refractivity contribution in [1.29, 1.82) is 0 Å². The van der Waals surface area contributed by atoms with E-state index in [0.717, 1.165) is 33.7 Å². The first kappa shape index (κ1) is 19.0. The summed E-state index contributed by atoms with van der Waals surface area (Å²) in [6.45, 7) is 10.4. The average molecular weight is 345 g/mol. The van der Waals surface area contributed by atoms with E-state index in [9.17, 15) is 9.90 Å². The summed E-state index contributed by atoms with van der Waals surface area (Å²) in [6, 6.07) is 5.60. The third-order valence-electron chi connectivity index (χ3n) is 4.23. The number of aromatic nitrogens is 1. The Kier molecular flexibility index (Phi) is 6.20. The van der Waals surface area contributed by atoms with Crippen LogP contribution in [0.15, 0.2) is 22.7 Å². The van der Waals surface area contributed by atoms with Crippen molar-refractivity contribution >= 4 is 6.03 Å². The van der Waals surface area contributed by atoms with Crippen LogP contribution in [0.4, 0.5) is 4.79 Å². The molecule has 1 aromatic carbocycles. The van der Waals surface area contributed by atoms with Crippen molar-refractivity contribution < 1.29 is 14.4 Å². The molecule has 0 radical (unpaired) electrons. The van der Waals surface area contributed by atoms with E-state index in [1.54, 1.807) is 0 Å². The van der Waals surface area contributed by atoms with Gasteiger partial charge in [0.05, 0.1) is 11.8 Å². The van der Waals surface area contributed by atoms with Crippen molar-refractivity contribution in [2.24, 2.45) is 0 Å². The SMILES string of the molecule is Cc1cc(C)cc([C@@H](O)CNC(=O)NC[C@@H](C)c2c(C)noc2C)c1. The van der Waals surface area contributed by atoms with Crippen LogP contribution in [0, 0.1) is 27.7 Å². The number of urea groups is 1. The minimum Gasteiger partial charge on any atom is -0.387 e. The lowest BCUT2D eigenvalue weighted by Crippen LogP contribution is -2.39. The van der Waals surface area contributed by atoms with Crippen LogP contribution in [-0.2, 0) is 0 Å². The van der Waals surface area contributed by atoms with Gasteiger partial charge in [0.2, 0.25) is 0 Å². The Labute approximate surface area is 148 Å². The first-order valence-electron chi connectivity index (χ1n) is 8.48. The topological polar surface area (TPSA) is 87.4 Å². The highest BCUT2D eigenvalue weighted by Gasteiger charge is 2.17. The highest BCUT2D eigenvalue weighted by Crippen LogP contribution is 2.22. The van der Waals surface area contributed by atoms with Crippen LogP contribution in [0.2, 0.25) is 0 Å². The molecule has 0 saturated heterocycles. The van der Waals surface area contributed by atoms with Gasteiger partial charge in [-0.2, -0.15) is 0 Å². The van der Waals surface area contributed by atoms with E-state index in [-0.39, 0.29) is 18.5 Å². The van der Waals surface area contributed by atoms with Gasteiger partial charge in [-0.15, -0.1) is 0 Å². The van der Waals surface area contributed by atoms with Gasteiger partial charge in [-0.25, -0.2) is 4.79 Å². The Morgan fingerprint density at radius 1 is 1.12 bits per heavy atom. The zero-order valence-corrected chi connectivity index (χ0v) is 15.5. The number of amides is 2. The zero-order chi connectivity index (χ0) is 18.6. The first-order chi connectivity index (χ1) is 11.8. The normalized spacial score (nSPS) is 13.4. The van der Waals surface area contributed by atoms with Gasteiger partial charge >= 0.3 is 6.03 Å². The Bertz CT molecular complexity index is 700. The molecule has 3 N–H and O–H groups in total. The predicted molar refractivity (Wildman–Crippen MR) is 96.7 cm³/mol. The molecule has 2 amide bonds. The molecule has 2 atom stereocenters. The maximum atomic E-state index is 12.0. The number of hydrogen-bond donors (Lipinski definition) is 3. The van der Waals surface area contributed by atoms with E-state index < -0.39 is 6.10 Å². The van der Waals surface area contributed by atoms with Gasteiger partial charge in [0.1, 0.15) is 5.76 Å². The Morgan fingerprint density at radius 3 is 2.28 bits per heavy atom. The molecule has 1 heterocycles. The Balaban J connectivity index is 1.82. The van der Waals surface area contributed by atoms with Crippen molar-refractivity contribution in [3.8, 4) is 0 Å². The van der Waals surface area contributed by atoms with Crippen LogP contribution in [0.5, 0.6) is 0 Å². The van der Waals surface area contributed by atoms with Crippen LogP contribution in [0.25, 0.3) is 0 Å². The molecule has 6 nitrogen and oxygen atoms in total. The molecular formula is C19H27N3O3. The van der Waals surface area contributed by atoms with E-state index in [1.165, 1.54) is 0 Å². The molecular weight excluding hydrogens is 318 g/mol. The molecule has 1 aromatic heterocycles. The maximum absolute atomic E-state index is 12.0. The second-order valence-electron chi connectivity index (χ2n) is 6.67. The number of aryl methyl sites for hydroxylation is 4. The summed E-state index contributed by atoms with van der Waals surface area (Å²) in [5, 5.41) is 19.7. The predicted octanol–water partition coefficient (Wildman–Crippen LogP) is 3.04. The van der Waals surface area contributed by atoms with Crippen molar-refractivity contribution in [3.63, 3.8) is 0 Å². The van der Waals surface area contributed by atoms with Crippen LogP contribution in [-0.4, -0.2) is 29.4 Å². The van der Waals surface area contributed by atoms with Crippen molar-refractivity contribution in [2.75, 3.05) is 13.1 Å². The molecule has 0 bridgehead atoms. The highest BCUT2D eigenvalue weighted by atomic mass is 16.5. The van der Waals surface area contributed by atoms with E-state index in [0.29, 0.717) is 6.54 Å².